The van der Waals surface area contributed by atoms with Crippen LogP contribution >= 0.6 is 12.6 Å². The van der Waals surface area contributed by atoms with Gasteiger partial charge in [0.05, 0.1) is 6.04 Å². The predicted octanol–water partition coefficient (Wildman–Crippen LogP) is 0.0428. The van der Waals surface area contributed by atoms with Gasteiger partial charge in [0.2, 0.25) is 17.7 Å². The van der Waals surface area contributed by atoms with Crippen molar-refractivity contribution in [2.45, 2.75) is 58.3 Å². The minimum Gasteiger partial charge on any atom is -0.508 e. The van der Waals surface area contributed by atoms with Crippen LogP contribution in [0.25, 0.3) is 0 Å². The summed E-state index contributed by atoms with van der Waals surface area (Å²) in [7, 11) is 0. The number of hydrogen-bond acceptors (Lipinski definition) is 7. The summed E-state index contributed by atoms with van der Waals surface area (Å²) in [6.45, 7) is 6.74. The summed E-state index contributed by atoms with van der Waals surface area (Å²) in [5, 5.41) is 26.5. The standard InChI is InChI=1S/C22H34N4O6S/c1-11(2)17(21(30)26-18(12(3)4)22(31)32)25-20(29)16(24-19(28)15(23)10-33)9-13-5-7-14(27)8-6-13/h5-8,11-12,15-18,27,33H,9-10,23H2,1-4H3,(H,24,28)(H,25,29)(H,26,30)(H,31,32). The number of carboxylic acid groups (broad SMARTS) is 1. The van der Waals surface area contributed by atoms with Crippen molar-refractivity contribution in [3.8, 4) is 5.75 Å². The lowest BCUT2D eigenvalue weighted by molar-refractivity contribution is -0.143. The molecule has 0 saturated heterocycles. The molecule has 0 aromatic heterocycles. The highest BCUT2D eigenvalue weighted by Crippen LogP contribution is 2.13. The number of carboxylic acids is 1. The highest BCUT2D eigenvalue weighted by atomic mass is 32.1. The number of amides is 3. The van der Waals surface area contributed by atoms with Crippen molar-refractivity contribution >= 4 is 36.3 Å². The molecule has 0 radical (unpaired) electrons. The first-order valence-corrected chi connectivity index (χ1v) is 11.3. The lowest BCUT2D eigenvalue weighted by Gasteiger charge is -2.28. The Morgan fingerprint density at radius 2 is 1.39 bits per heavy atom. The lowest BCUT2D eigenvalue weighted by atomic mass is 9.99. The zero-order valence-corrected chi connectivity index (χ0v) is 20.1. The molecule has 4 unspecified atom stereocenters. The van der Waals surface area contributed by atoms with Gasteiger partial charge in [-0.25, -0.2) is 4.79 Å². The molecule has 0 heterocycles. The van der Waals surface area contributed by atoms with Crippen LogP contribution in [0.2, 0.25) is 0 Å². The first-order valence-electron chi connectivity index (χ1n) is 10.7. The van der Waals surface area contributed by atoms with E-state index < -0.39 is 47.9 Å². The van der Waals surface area contributed by atoms with Gasteiger partial charge in [0.15, 0.2) is 0 Å². The molecule has 10 nitrogen and oxygen atoms in total. The highest BCUT2D eigenvalue weighted by Gasteiger charge is 2.32. The van der Waals surface area contributed by atoms with E-state index in [2.05, 4.69) is 28.6 Å². The number of nitrogens with one attached hydrogen (secondary N) is 3. The molecule has 0 aliphatic rings. The van der Waals surface area contributed by atoms with Gasteiger partial charge in [0.1, 0.15) is 23.9 Å². The van der Waals surface area contributed by atoms with Crippen LogP contribution in [-0.4, -0.2) is 63.8 Å². The summed E-state index contributed by atoms with van der Waals surface area (Å²) in [5.74, 6) is -3.63. The number of carbonyl (C=O) groups excluding carboxylic acids is 3. The Morgan fingerprint density at radius 1 is 0.879 bits per heavy atom. The summed E-state index contributed by atoms with van der Waals surface area (Å²) in [4.78, 5) is 49.7. The molecular formula is C22H34N4O6S. The number of benzene rings is 1. The van der Waals surface area contributed by atoms with Crippen molar-refractivity contribution in [1.82, 2.24) is 16.0 Å². The zero-order valence-electron chi connectivity index (χ0n) is 19.2. The fraction of sp³-hybridized carbons (Fsp3) is 0.545. The Morgan fingerprint density at radius 3 is 1.85 bits per heavy atom. The topological polar surface area (TPSA) is 171 Å². The molecule has 0 fully saturated rings. The average molecular weight is 483 g/mol. The number of phenols is 1. The van der Waals surface area contributed by atoms with Crippen LogP contribution in [0.1, 0.15) is 33.3 Å². The minimum absolute atomic E-state index is 0.0514. The third-order valence-corrected chi connectivity index (χ3v) is 5.41. The predicted molar refractivity (Wildman–Crippen MR) is 127 cm³/mol. The quantitative estimate of drug-likeness (QED) is 0.206. The van der Waals surface area contributed by atoms with E-state index in [4.69, 9.17) is 5.73 Å². The largest absolute Gasteiger partial charge is 0.508 e. The van der Waals surface area contributed by atoms with Gasteiger partial charge in [0, 0.05) is 12.2 Å². The Bertz CT molecular complexity index is 831. The van der Waals surface area contributed by atoms with Crippen LogP contribution in [0, 0.1) is 11.8 Å². The van der Waals surface area contributed by atoms with Gasteiger partial charge in [-0.1, -0.05) is 39.8 Å². The normalized spacial score (nSPS) is 14.8. The van der Waals surface area contributed by atoms with Gasteiger partial charge in [-0.15, -0.1) is 0 Å². The maximum absolute atomic E-state index is 13.1. The molecule has 1 rings (SSSR count). The molecule has 11 heteroatoms. The van der Waals surface area contributed by atoms with Crippen molar-refractivity contribution in [2.24, 2.45) is 17.6 Å². The van der Waals surface area contributed by atoms with Gasteiger partial charge in [0.25, 0.3) is 0 Å². The number of nitrogens with two attached hydrogens (primary N) is 1. The van der Waals surface area contributed by atoms with Gasteiger partial charge >= 0.3 is 5.97 Å². The number of aliphatic carboxylic acids is 1. The van der Waals surface area contributed by atoms with Gasteiger partial charge in [-0.05, 0) is 29.5 Å². The van der Waals surface area contributed by atoms with Gasteiger partial charge < -0.3 is 31.9 Å². The molecule has 0 saturated carbocycles. The summed E-state index contributed by atoms with van der Waals surface area (Å²) in [6, 6.07) is 1.96. The van der Waals surface area contributed by atoms with E-state index in [9.17, 15) is 29.4 Å². The second kappa shape index (κ2) is 13.0. The number of hydrogen-bond donors (Lipinski definition) is 7. The van der Waals surface area contributed by atoms with E-state index >= 15 is 0 Å². The average Bonchev–Trinajstić information content (AvgIpc) is 2.74. The van der Waals surface area contributed by atoms with E-state index in [0.717, 1.165) is 0 Å². The van der Waals surface area contributed by atoms with Crippen LogP contribution in [0.15, 0.2) is 24.3 Å². The van der Waals surface area contributed by atoms with Crippen LogP contribution in [0.5, 0.6) is 5.75 Å². The van der Waals surface area contributed by atoms with Gasteiger partial charge in [-0.3, -0.25) is 14.4 Å². The maximum Gasteiger partial charge on any atom is 0.326 e. The molecule has 0 spiro atoms. The summed E-state index contributed by atoms with van der Waals surface area (Å²) < 4.78 is 0. The van der Waals surface area contributed by atoms with E-state index in [0.29, 0.717) is 5.56 Å². The molecular weight excluding hydrogens is 448 g/mol. The minimum atomic E-state index is -1.18. The zero-order chi connectivity index (χ0) is 25.3. The summed E-state index contributed by atoms with van der Waals surface area (Å²) >= 11 is 4.00. The molecule has 4 atom stereocenters. The van der Waals surface area contributed by atoms with Crippen molar-refractivity contribution < 1.29 is 29.4 Å². The Labute approximate surface area is 199 Å². The number of phenolic OH excluding ortho intramolecular Hbond substituents is 1. The van der Waals surface area contributed by atoms with Crippen molar-refractivity contribution in [3.63, 3.8) is 0 Å². The Hall–Kier alpha value is -2.79. The van der Waals surface area contributed by atoms with Crippen LogP contribution in [0.3, 0.4) is 0 Å². The molecule has 184 valence electrons. The second-order valence-electron chi connectivity index (χ2n) is 8.52. The van der Waals surface area contributed by atoms with Gasteiger partial charge in [-0.2, -0.15) is 12.6 Å². The molecule has 0 bridgehead atoms. The lowest BCUT2D eigenvalue weighted by Crippen LogP contribution is -2.59. The van der Waals surface area contributed by atoms with Crippen molar-refractivity contribution in [2.75, 3.05) is 5.75 Å². The number of rotatable bonds is 12. The molecule has 1 aromatic rings. The maximum atomic E-state index is 13.1. The molecule has 0 aliphatic carbocycles. The van der Waals surface area contributed by atoms with E-state index in [-0.39, 0.29) is 29.8 Å². The van der Waals surface area contributed by atoms with Crippen molar-refractivity contribution in [3.05, 3.63) is 29.8 Å². The first kappa shape index (κ1) is 28.2. The third-order valence-electron chi connectivity index (χ3n) is 5.02. The number of carbonyl (C=O) groups is 4. The first-order chi connectivity index (χ1) is 15.4. The molecule has 7 N–H and O–H groups in total. The SMILES string of the molecule is CC(C)C(NC(=O)C(NC(=O)C(Cc1ccc(O)cc1)NC(=O)C(N)CS)C(C)C)C(=O)O. The summed E-state index contributed by atoms with van der Waals surface area (Å²) in [6.07, 6.45) is 0.0767. The third kappa shape index (κ3) is 8.93. The highest BCUT2D eigenvalue weighted by molar-refractivity contribution is 7.80. The smallest absolute Gasteiger partial charge is 0.326 e. The van der Waals surface area contributed by atoms with E-state index in [1.54, 1.807) is 39.8 Å². The van der Waals surface area contributed by atoms with E-state index in [1.165, 1.54) is 12.1 Å². The molecule has 33 heavy (non-hydrogen) atoms. The fourth-order valence-corrected chi connectivity index (χ4v) is 3.15. The number of thiol groups is 1. The fourth-order valence-electron chi connectivity index (χ4n) is 2.98. The monoisotopic (exact) mass is 482 g/mol. The molecule has 0 aliphatic heterocycles. The van der Waals surface area contributed by atoms with Crippen LogP contribution in [-0.2, 0) is 25.6 Å². The van der Waals surface area contributed by atoms with E-state index in [1.807, 2.05) is 0 Å². The Kier molecular flexibility index (Phi) is 11.2. The Balaban J connectivity index is 3.08. The molecule has 3 amide bonds. The van der Waals surface area contributed by atoms with Crippen LogP contribution in [0.4, 0.5) is 0 Å². The van der Waals surface area contributed by atoms with Crippen molar-refractivity contribution in [1.29, 1.82) is 0 Å². The second-order valence-corrected chi connectivity index (χ2v) is 8.88. The molecule has 1 aromatic carbocycles. The van der Waals surface area contributed by atoms with Crippen LogP contribution < -0.4 is 21.7 Å². The summed E-state index contributed by atoms with van der Waals surface area (Å²) in [5.41, 5.74) is 6.37. The number of aromatic hydroxyl groups is 1.